The van der Waals surface area contributed by atoms with Gasteiger partial charge < -0.3 is 14.4 Å². The first-order valence-corrected chi connectivity index (χ1v) is 11.4. The zero-order valence-electron chi connectivity index (χ0n) is 17.4. The van der Waals surface area contributed by atoms with Crippen molar-refractivity contribution in [2.45, 2.75) is 29.0 Å². The van der Waals surface area contributed by atoms with Crippen LogP contribution in [0.25, 0.3) is 0 Å². The number of carbonyl (C=O) groups is 3. The maximum Gasteiger partial charge on any atom is 0.338 e. The van der Waals surface area contributed by atoms with Crippen molar-refractivity contribution in [3.05, 3.63) is 45.0 Å². The summed E-state index contributed by atoms with van der Waals surface area (Å²) in [4.78, 5) is 53.3. The second-order valence-corrected chi connectivity index (χ2v) is 9.20. The van der Waals surface area contributed by atoms with E-state index in [1.54, 1.807) is 0 Å². The Labute approximate surface area is 192 Å². The molecule has 2 heterocycles. The topological polar surface area (TPSA) is 129 Å². The van der Waals surface area contributed by atoms with E-state index in [9.17, 15) is 24.5 Å². The molecule has 1 fully saturated rings. The highest BCUT2D eigenvalue weighted by molar-refractivity contribution is 8.01. The summed E-state index contributed by atoms with van der Waals surface area (Å²) in [6.07, 6.45) is 0.965. The minimum Gasteiger partial charge on any atom is -0.469 e. The van der Waals surface area contributed by atoms with Gasteiger partial charge in [-0.1, -0.05) is 11.8 Å². The van der Waals surface area contributed by atoms with E-state index in [-0.39, 0.29) is 29.0 Å². The van der Waals surface area contributed by atoms with E-state index >= 15 is 0 Å². The van der Waals surface area contributed by atoms with E-state index in [0.29, 0.717) is 35.2 Å². The summed E-state index contributed by atoms with van der Waals surface area (Å²) in [5.74, 6) is -1.75. The first kappa shape index (κ1) is 23.7. The van der Waals surface area contributed by atoms with Crippen molar-refractivity contribution in [3.63, 3.8) is 0 Å². The van der Waals surface area contributed by atoms with Gasteiger partial charge in [0.15, 0.2) is 10.9 Å². The molecule has 1 saturated heterocycles. The van der Waals surface area contributed by atoms with Crippen molar-refractivity contribution in [3.8, 4) is 0 Å². The average Bonchev–Trinajstić information content (AvgIpc) is 3.21. The first-order valence-electron chi connectivity index (χ1n) is 9.69. The zero-order valence-corrected chi connectivity index (χ0v) is 19.1. The van der Waals surface area contributed by atoms with Gasteiger partial charge in [0.1, 0.15) is 0 Å². The fourth-order valence-corrected chi connectivity index (χ4v) is 5.06. The SMILES string of the molecule is COC(=O)C1CCN(C(=O)COC(=O)c2ccc(Sc3nc(C)cs3)c([N+](=O)[O-])c2)CC1. The number of amides is 1. The first-order chi connectivity index (χ1) is 15.3. The molecular formula is C20H21N3O7S2. The van der Waals surface area contributed by atoms with Gasteiger partial charge in [-0.15, -0.1) is 11.3 Å². The normalized spacial score (nSPS) is 14.1. The number of likely N-dealkylation sites (tertiary alicyclic amines) is 1. The lowest BCUT2D eigenvalue weighted by Gasteiger charge is -2.30. The largest absolute Gasteiger partial charge is 0.469 e. The molecular weight excluding hydrogens is 458 g/mol. The molecule has 1 aromatic heterocycles. The summed E-state index contributed by atoms with van der Waals surface area (Å²) in [5.41, 5.74) is 0.557. The lowest BCUT2D eigenvalue weighted by atomic mass is 9.97. The Morgan fingerprint density at radius 2 is 2.03 bits per heavy atom. The van der Waals surface area contributed by atoms with Crippen LogP contribution in [-0.2, 0) is 19.1 Å². The van der Waals surface area contributed by atoms with E-state index < -0.39 is 17.5 Å². The summed E-state index contributed by atoms with van der Waals surface area (Å²) < 4.78 is 10.4. The van der Waals surface area contributed by atoms with Crippen molar-refractivity contribution >= 4 is 46.6 Å². The molecule has 170 valence electrons. The van der Waals surface area contributed by atoms with E-state index in [1.165, 1.54) is 35.5 Å². The molecule has 1 aliphatic heterocycles. The molecule has 0 radical (unpaired) electrons. The maximum atomic E-state index is 12.4. The summed E-state index contributed by atoms with van der Waals surface area (Å²) in [6, 6.07) is 4.03. The average molecular weight is 480 g/mol. The molecule has 10 nitrogen and oxygen atoms in total. The molecule has 0 saturated carbocycles. The van der Waals surface area contributed by atoms with Gasteiger partial charge >= 0.3 is 11.9 Å². The minimum atomic E-state index is -0.826. The predicted molar refractivity (Wildman–Crippen MR) is 116 cm³/mol. The molecule has 1 aromatic carbocycles. The Morgan fingerprint density at radius 1 is 1.31 bits per heavy atom. The van der Waals surface area contributed by atoms with Gasteiger partial charge in [-0.05, 0) is 31.9 Å². The molecule has 1 aliphatic rings. The highest BCUT2D eigenvalue weighted by Crippen LogP contribution is 2.36. The van der Waals surface area contributed by atoms with Crippen LogP contribution < -0.4 is 0 Å². The van der Waals surface area contributed by atoms with E-state index in [4.69, 9.17) is 9.47 Å². The third kappa shape index (κ3) is 5.82. The number of methoxy groups -OCH3 is 1. The molecule has 0 atom stereocenters. The third-order valence-electron chi connectivity index (χ3n) is 4.90. The number of aromatic nitrogens is 1. The molecule has 2 aromatic rings. The number of nitro groups is 1. The summed E-state index contributed by atoms with van der Waals surface area (Å²) >= 11 is 2.52. The van der Waals surface area contributed by atoms with Crippen molar-refractivity contribution in [1.82, 2.24) is 9.88 Å². The smallest absolute Gasteiger partial charge is 0.338 e. The summed E-state index contributed by atoms with van der Waals surface area (Å²) in [6.45, 7) is 2.08. The van der Waals surface area contributed by atoms with Gasteiger partial charge in [0.25, 0.3) is 11.6 Å². The summed E-state index contributed by atoms with van der Waals surface area (Å²) in [5, 5.41) is 13.3. The van der Waals surface area contributed by atoms with Crippen LogP contribution in [0.2, 0.25) is 0 Å². The minimum absolute atomic E-state index is 0.0198. The lowest BCUT2D eigenvalue weighted by Crippen LogP contribution is -2.42. The molecule has 12 heteroatoms. The number of nitro benzene ring substituents is 1. The van der Waals surface area contributed by atoms with Crippen LogP contribution in [0, 0.1) is 23.0 Å². The van der Waals surface area contributed by atoms with Gasteiger partial charge in [-0.3, -0.25) is 19.7 Å². The number of thiazole rings is 1. The monoisotopic (exact) mass is 479 g/mol. The van der Waals surface area contributed by atoms with Crippen LogP contribution in [0.15, 0.2) is 32.8 Å². The number of esters is 2. The highest BCUT2D eigenvalue weighted by Gasteiger charge is 2.28. The number of benzene rings is 1. The fourth-order valence-electron chi connectivity index (χ4n) is 3.18. The number of aryl methyl sites for hydroxylation is 1. The second-order valence-electron chi connectivity index (χ2n) is 7.05. The van der Waals surface area contributed by atoms with Gasteiger partial charge in [-0.2, -0.15) is 0 Å². The lowest BCUT2D eigenvalue weighted by molar-refractivity contribution is -0.387. The number of hydrogen-bond acceptors (Lipinski definition) is 10. The summed E-state index contributed by atoms with van der Waals surface area (Å²) in [7, 11) is 1.33. The van der Waals surface area contributed by atoms with Crippen LogP contribution in [0.3, 0.4) is 0 Å². The number of piperidine rings is 1. The number of nitrogens with zero attached hydrogens (tertiary/aromatic N) is 3. The van der Waals surface area contributed by atoms with Crippen molar-refractivity contribution in [1.29, 1.82) is 0 Å². The Hall–Kier alpha value is -2.99. The van der Waals surface area contributed by atoms with Crippen LogP contribution in [0.1, 0.15) is 28.9 Å². The zero-order chi connectivity index (χ0) is 23.3. The van der Waals surface area contributed by atoms with Crippen LogP contribution in [0.5, 0.6) is 0 Å². The van der Waals surface area contributed by atoms with Crippen LogP contribution >= 0.6 is 23.1 Å². The third-order valence-corrected chi connectivity index (χ3v) is 7.02. The standard InChI is InChI=1S/C20H21N3O7S2/c1-12-11-31-20(21-12)32-16-4-3-14(9-15(16)23(27)28)19(26)30-10-17(24)22-7-5-13(6-8-22)18(25)29-2/h3-4,9,11,13H,5-8,10H2,1-2H3. The van der Waals surface area contributed by atoms with Gasteiger partial charge in [0, 0.05) is 30.2 Å². The second kappa shape index (κ2) is 10.6. The maximum absolute atomic E-state index is 12.4. The van der Waals surface area contributed by atoms with Gasteiger partial charge in [0.2, 0.25) is 0 Å². The predicted octanol–water partition coefficient (Wildman–Crippen LogP) is 3.08. The quantitative estimate of drug-likeness (QED) is 0.334. The molecule has 0 unspecified atom stereocenters. The fraction of sp³-hybridized carbons (Fsp3) is 0.400. The number of carbonyl (C=O) groups excluding carboxylic acids is 3. The Kier molecular flexibility index (Phi) is 7.80. The highest BCUT2D eigenvalue weighted by atomic mass is 32.2. The van der Waals surface area contributed by atoms with Crippen molar-refractivity contribution < 1.29 is 28.8 Å². The van der Waals surface area contributed by atoms with Gasteiger partial charge in [0.05, 0.1) is 28.4 Å². The van der Waals surface area contributed by atoms with Gasteiger partial charge in [-0.25, -0.2) is 9.78 Å². The molecule has 3 rings (SSSR count). The van der Waals surface area contributed by atoms with E-state index in [2.05, 4.69) is 4.98 Å². The number of hydrogen-bond donors (Lipinski definition) is 0. The Morgan fingerprint density at radius 3 is 2.62 bits per heavy atom. The van der Waals surface area contributed by atoms with Crippen molar-refractivity contribution in [2.75, 3.05) is 26.8 Å². The molecule has 0 N–H and O–H groups in total. The molecule has 0 spiro atoms. The number of ether oxygens (including phenoxy) is 2. The molecule has 0 aliphatic carbocycles. The molecule has 32 heavy (non-hydrogen) atoms. The van der Waals surface area contributed by atoms with Crippen molar-refractivity contribution in [2.24, 2.45) is 5.92 Å². The Balaban J connectivity index is 1.59. The van der Waals surface area contributed by atoms with E-state index in [0.717, 1.165) is 23.5 Å². The van der Waals surface area contributed by atoms with Crippen LogP contribution in [-0.4, -0.2) is 59.5 Å². The molecule has 1 amide bonds. The molecule has 0 bridgehead atoms. The van der Waals surface area contributed by atoms with E-state index in [1.807, 2.05) is 12.3 Å². The number of rotatable bonds is 7. The van der Waals surface area contributed by atoms with Crippen LogP contribution in [0.4, 0.5) is 5.69 Å². The Bertz CT molecular complexity index is 1030.